The number of hydrogen-bond acceptors (Lipinski definition) is 3. The first-order chi connectivity index (χ1) is 10.9. The van der Waals surface area contributed by atoms with Crippen LogP contribution in [-0.4, -0.2) is 21.7 Å². The molecule has 0 saturated heterocycles. The third-order valence-corrected chi connectivity index (χ3v) is 7.01. The lowest BCUT2D eigenvalue weighted by molar-refractivity contribution is -0.162. The molecular weight excluding hydrogens is 290 g/mol. The molecule has 4 nitrogen and oxygen atoms in total. The molecule has 2 unspecified atom stereocenters. The highest BCUT2D eigenvalue weighted by atomic mass is 16.3. The van der Waals surface area contributed by atoms with Crippen molar-refractivity contribution in [1.82, 2.24) is 0 Å². The Morgan fingerprint density at radius 2 is 2.00 bits per heavy atom. The van der Waals surface area contributed by atoms with Crippen LogP contribution in [0.15, 0.2) is 12.1 Å². The summed E-state index contributed by atoms with van der Waals surface area (Å²) in [5, 5.41) is 22.5. The number of amides is 1. The van der Waals surface area contributed by atoms with Gasteiger partial charge < -0.3 is 15.9 Å². The van der Waals surface area contributed by atoms with Crippen molar-refractivity contribution in [2.24, 2.45) is 17.6 Å². The lowest BCUT2D eigenvalue weighted by Crippen LogP contribution is -2.65. The Morgan fingerprint density at radius 1 is 1.26 bits per heavy atom. The number of rotatable bonds is 1. The highest BCUT2D eigenvalue weighted by Crippen LogP contribution is 2.64. The van der Waals surface area contributed by atoms with Crippen LogP contribution >= 0.6 is 0 Å². The molecule has 4 heteroatoms. The molecule has 1 amide bonds. The summed E-state index contributed by atoms with van der Waals surface area (Å²) in [5.74, 6) is 0.135. The Morgan fingerprint density at radius 3 is 2.74 bits per heavy atom. The molecule has 0 radical (unpaired) electrons. The molecule has 23 heavy (non-hydrogen) atoms. The highest BCUT2D eigenvalue weighted by Gasteiger charge is 2.63. The fourth-order valence-corrected chi connectivity index (χ4v) is 5.91. The molecule has 4 N–H and O–H groups in total. The maximum Gasteiger partial charge on any atom is 0.252 e. The Kier molecular flexibility index (Phi) is 3.08. The lowest BCUT2D eigenvalue weighted by atomic mass is 9.44. The smallest absolute Gasteiger partial charge is 0.252 e. The number of hydrogen-bond donors (Lipinski definition) is 3. The van der Waals surface area contributed by atoms with Crippen molar-refractivity contribution in [3.63, 3.8) is 0 Å². The molecule has 3 aliphatic rings. The van der Waals surface area contributed by atoms with Gasteiger partial charge in [-0.25, -0.2) is 0 Å². The summed E-state index contributed by atoms with van der Waals surface area (Å²) in [6.07, 6.45) is 6.49. The van der Waals surface area contributed by atoms with E-state index in [1.54, 1.807) is 6.07 Å². The van der Waals surface area contributed by atoms with Crippen LogP contribution in [0.1, 0.15) is 66.9 Å². The Hall–Kier alpha value is -1.55. The molecule has 1 aromatic rings. The van der Waals surface area contributed by atoms with Crippen molar-refractivity contribution in [2.75, 3.05) is 0 Å². The van der Waals surface area contributed by atoms with Gasteiger partial charge in [-0.3, -0.25) is 4.79 Å². The van der Waals surface area contributed by atoms with Crippen LogP contribution in [0.2, 0.25) is 0 Å². The number of carbonyl (C=O) groups excluding carboxylic acids is 1. The van der Waals surface area contributed by atoms with E-state index in [4.69, 9.17) is 5.73 Å². The van der Waals surface area contributed by atoms with Crippen molar-refractivity contribution < 1.29 is 15.0 Å². The van der Waals surface area contributed by atoms with E-state index in [1.807, 2.05) is 6.07 Å². The van der Waals surface area contributed by atoms with E-state index in [9.17, 15) is 15.0 Å². The topological polar surface area (TPSA) is 83.5 Å². The van der Waals surface area contributed by atoms with E-state index in [-0.39, 0.29) is 17.2 Å². The maximum atomic E-state index is 11.7. The van der Waals surface area contributed by atoms with Crippen molar-refractivity contribution in [3.8, 4) is 5.75 Å². The highest BCUT2D eigenvalue weighted by molar-refractivity contribution is 5.96. The van der Waals surface area contributed by atoms with Crippen LogP contribution in [0.3, 0.4) is 0 Å². The van der Waals surface area contributed by atoms with Gasteiger partial charge in [0, 0.05) is 11.0 Å². The van der Waals surface area contributed by atoms with Crippen molar-refractivity contribution in [2.45, 2.75) is 62.9 Å². The van der Waals surface area contributed by atoms with Gasteiger partial charge in [-0.1, -0.05) is 25.8 Å². The van der Waals surface area contributed by atoms with E-state index >= 15 is 0 Å². The van der Waals surface area contributed by atoms with Crippen molar-refractivity contribution in [1.29, 1.82) is 0 Å². The molecular formula is C19H25NO3. The van der Waals surface area contributed by atoms with Gasteiger partial charge in [0.25, 0.3) is 5.91 Å². The quantitative estimate of drug-likeness (QED) is 0.745. The molecule has 0 spiro atoms. The predicted octanol–water partition coefficient (Wildman–Crippen LogP) is 2.64. The van der Waals surface area contributed by atoms with E-state index < -0.39 is 16.9 Å². The molecule has 1 aromatic carbocycles. The molecule has 3 aliphatic carbocycles. The van der Waals surface area contributed by atoms with Gasteiger partial charge in [0.15, 0.2) is 0 Å². The van der Waals surface area contributed by atoms with Crippen LogP contribution in [-0.2, 0) is 11.8 Å². The van der Waals surface area contributed by atoms with Gasteiger partial charge in [0.1, 0.15) is 5.75 Å². The summed E-state index contributed by atoms with van der Waals surface area (Å²) in [7, 11) is 0. The number of fused-ring (bicyclic) bond motifs is 1. The normalized spacial score (nSPS) is 38.5. The molecule has 4 rings (SSSR count). The van der Waals surface area contributed by atoms with Gasteiger partial charge in [0.05, 0.1) is 11.2 Å². The molecule has 2 saturated carbocycles. The van der Waals surface area contributed by atoms with Crippen LogP contribution in [0.5, 0.6) is 5.75 Å². The molecule has 0 aliphatic heterocycles. The minimum Gasteiger partial charge on any atom is -0.507 e. The van der Waals surface area contributed by atoms with E-state index in [2.05, 4.69) is 6.92 Å². The number of nitrogens with two attached hydrogens (primary N) is 1. The fourth-order valence-electron chi connectivity index (χ4n) is 5.91. The van der Waals surface area contributed by atoms with E-state index in [1.165, 1.54) is 0 Å². The Labute approximate surface area is 136 Å². The summed E-state index contributed by atoms with van der Waals surface area (Å²) in [4.78, 5) is 11.7. The summed E-state index contributed by atoms with van der Waals surface area (Å²) < 4.78 is 0. The SMILES string of the molecule is CC1CCC23CCCC[C@@]2(O)[C@H]1Cc1ccc(C(N)=O)c(O)c13. The van der Waals surface area contributed by atoms with Crippen LogP contribution in [0.25, 0.3) is 0 Å². The number of benzene rings is 1. The molecule has 0 aromatic heterocycles. The number of aliphatic hydroxyl groups is 1. The Bertz CT molecular complexity index is 685. The predicted molar refractivity (Wildman–Crippen MR) is 87.3 cm³/mol. The second kappa shape index (κ2) is 4.73. The minimum atomic E-state index is -0.760. The van der Waals surface area contributed by atoms with Gasteiger partial charge in [-0.05, 0) is 55.6 Å². The minimum absolute atomic E-state index is 0.0170. The average Bonchev–Trinajstić information content (AvgIpc) is 2.50. The van der Waals surface area contributed by atoms with Crippen LogP contribution in [0, 0.1) is 11.8 Å². The largest absolute Gasteiger partial charge is 0.507 e. The second-order valence-corrected chi connectivity index (χ2v) is 7.90. The molecule has 4 atom stereocenters. The Balaban J connectivity index is 2.00. The molecule has 124 valence electrons. The zero-order valence-corrected chi connectivity index (χ0v) is 13.6. The van der Waals surface area contributed by atoms with E-state index in [0.29, 0.717) is 5.92 Å². The van der Waals surface area contributed by atoms with Gasteiger partial charge in [0.2, 0.25) is 0 Å². The van der Waals surface area contributed by atoms with Crippen LogP contribution in [0.4, 0.5) is 0 Å². The monoisotopic (exact) mass is 315 g/mol. The van der Waals surface area contributed by atoms with Crippen molar-refractivity contribution in [3.05, 3.63) is 28.8 Å². The summed E-state index contributed by atoms with van der Waals surface area (Å²) in [5.41, 5.74) is 6.36. The number of aromatic hydroxyl groups is 1. The van der Waals surface area contributed by atoms with Gasteiger partial charge >= 0.3 is 0 Å². The number of phenols is 1. The zero-order valence-electron chi connectivity index (χ0n) is 13.6. The first kappa shape index (κ1) is 15.0. The average molecular weight is 315 g/mol. The van der Waals surface area contributed by atoms with Crippen LogP contribution < -0.4 is 5.73 Å². The summed E-state index contributed by atoms with van der Waals surface area (Å²) in [6, 6.07) is 3.58. The number of carbonyl (C=O) groups is 1. The third kappa shape index (κ3) is 1.73. The molecule has 0 heterocycles. The van der Waals surface area contributed by atoms with Gasteiger partial charge in [-0.2, -0.15) is 0 Å². The third-order valence-electron chi connectivity index (χ3n) is 7.01. The maximum absolute atomic E-state index is 11.7. The first-order valence-electron chi connectivity index (χ1n) is 8.78. The summed E-state index contributed by atoms with van der Waals surface area (Å²) in [6.45, 7) is 2.24. The lowest BCUT2D eigenvalue weighted by Gasteiger charge is -2.62. The van der Waals surface area contributed by atoms with Gasteiger partial charge in [-0.15, -0.1) is 0 Å². The zero-order chi connectivity index (χ0) is 16.4. The second-order valence-electron chi connectivity index (χ2n) is 7.90. The molecule has 2 fully saturated rings. The first-order valence-corrected chi connectivity index (χ1v) is 8.78. The standard InChI is InChI=1S/C19H25NO3/c1-11-6-9-18-7-2-3-8-19(18,23)14(11)10-12-4-5-13(17(20)22)16(21)15(12)18/h4-5,11,14,21,23H,2-3,6-10H2,1H3,(H2,20,22)/t11?,14-,18?,19+/m0/s1. The fraction of sp³-hybridized carbons (Fsp3) is 0.632. The van der Waals surface area contributed by atoms with E-state index in [0.717, 1.165) is 56.1 Å². The summed E-state index contributed by atoms with van der Waals surface area (Å²) >= 11 is 0. The van der Waals surface area contributed by atoms with Crippen molar-refractivity contribution >= 4 is 5.91 Å². The molecule has 2 bridgehead atoms. The number of primary amides is 1.